The molecular formula is C15H16N6O2. The van der Waals surface area contributed by atoms with Gasteiger partial charge in [0.05, 0.1) is 5.69 Å². The summed E-state index contributed by atoms with van der Waals surface area (Å²) in [5.74, 6) is -0.499. The highest BCUT2D eigenvalue weighted by Crippen LogP contribution is 2.24. The zero-order valence-electron chi connectivity index (χ0n) is 12.5. The van der Waals surface area contributed by atoms with Crippen LogP contribution >= 0.6 is 0 Å². The zero-order valence-corrected chi connectivity index (χ0v) is 12.5. The van der Waals surface area contributed by atoms with E-state index in [0.29, 0.717) is 11.5 Å². The molecule has 0 aliphatic carbocycles. The van der Waals surface area contributed by atoms with Crippen molar-refractivity contribution in [1.82, 2.24) is 9.78 Å². The maximum Gasteiger partial charge on any atom is 0.273 e. The number of hydrogen-bond acceptors (Lipinski definition) is 5. The smallest absolute Gasteiger partial charge is 0.273 e. The first-order chi connectivity index (χ1) is 11.0. The minimum atomic E-state index is -0.679. The van der Waals surface area contributed by atoms with Crippen molar-refractivity contribution in [3.05, 3.63) is 42.6 Å². The van der Waals surface area contributed by atoms with E-state index < -0.39 is 17.9 Å². The summed E-state index contributed by atoms with van der Waals surface area (Å²) in [6.45, 7) is 0. The van der Waals surface area contributed by atoms with E-state index in [1.165, 1.54) is 5.01 Å². The monoisotopic (exact) mass is 312 g/mol. The van der Waals surface area contributed by atoms with E-state index >= 15 is 0 Å². The van der Waals surface area contributed by atoms with E-state index in [2.05, 4.69) is 15.5 Å². The Balaban J connectivity index is 1.82. The first-order valence-electron chi connectivity index (χ1n) is 7.06. The number of nitrogens with zero attached hydrogens (tertiary/aromatic N) is 4. The fourth-order valence-corrected chi connectivity index (χ4v) is 2.36. The van der Waals surface area contributed by atoms with Gasteiger partial charge in [0.2, 0.25) is 5.91 Å². The quantitative estimate of drug-likeness (QED) is 0.856. The fourth-order valence-electron chi connectivity index (χ4n) is 2.36. The van der Waals surface area contributed by atoms with Crippen LogP contribution in [0.25, 0.3) is 0 Å². The molecule has 8 heteroatoms. The molecule has 1 aromatic heterocycles. The lowest BCUT2D eigenvalue weighted by Crippen LogP contribution is -2.39. The topological polar surface area (TPSA) is 106 Å². The number of para-hydroxylation sites is 1. The van der Waals surface area contributed by atoms with E-state index in [-0.39, 0.29) is 12.1 Å². The lowest BCUT2D eigenvalue weighted by atomic mass is 10.1. The Morgan fingerprint density at radius 1 is 1.26 bits per heavy atom. The van der Waals surface area contributed by atoms with E-state index in [0.717, 1.165) is 0 Å². The number of nitrogens with two attached hydrogens (primary N) is 1. The highest BCUT2D eigenvalue weighted by molar-refractivity contribution is 6.44. The molecular weight excluding hydrogens is 296 g/mol. The SMILES string of the molecule is Cn1ccc(NC(=O)C2=NN(c3ccccc3)C(C(N)=O)C2)n1. The molecule has 2 heterocycles. The maximum atomic E-state index is 12.3. The molecule has 0 spiro atoms. The molecule has 0 fully saturated rings. The van der Waals surface area contributed by atoms with Crippen molar-refractivity contribution in [3.63, 3.8) is 0 Å². The average molecular weight is 312 g/mol. The number of aromatic nitrogens is 2. The molecule has 0 bridgehead atoms. The molecule has 0 saturated carbocycles. The first-order valence-corrected chi connectivity index (χ1v) is 7.06. The minimum absolute atomic E-state index is 0.156. The van der Waals surface area contributed by atoms with Gasteiger partial charge >= 0.3 is 0 Å². The van der Waals surface area contributed by atoms with Gasteiger partial charge in [0, 0.05) is 25.7 Å². The first kappa shape index (κ1) is 14.8. The standard InChI is InChI=1S/C15H16N6O2/c1-20-8-7-13(19-20)17-15(23)11-9-12(14(16)22)21(18-11)10-5-3-2-4-6-10/h2-8,12H,9H2,1H3,(H2,16,22)(H,17,19,23). The van der Waals surface area contributed by atoms with Crippen LogP contribution < -0.4 is 16.1 Å². The van der Waals surface area contributed by atoms with Crippen molar-refractivity contribution >= 4 is 29.0 Å². The van der Waals surface area contributed by atoms with Crippen LogP contribution in [-0.4, -0.2) is 33.3 Å². The molecule has 2 aromatic rings. The van der Waals surface area contributed by atoms with E-state index in [4.69, 9.17) is 5.73 Å². The van der Waals surface area contributed by atoms with Crippen LogP contribution in [0.5, 0.6) is 0 Å². The van der Waals surface area contributed by atoms with Gasteiger partial charge in [-0.1, -0.05) is 18.2 Å². The molecule has 3 N–H and O–H groups in total. The molecule has 3 rings (SSSR count). The highest BCUT2D eigenvalue weighted by atomic mass is 16.2. The van der Waals surface area contributed by atoms with Crippen LogP contribution in [0, 0.1) is 0 Å². The third-order valence-electron chi connectivity index (χ3n) is 3.48. The van der Waals surface area contributed by atoms with Gasteiger partial charge in [0.1, 0.15) is 11.8 Å². The van der Waals surface area contributed by atoms with Crippen LogP contribution in [0.15, 0.2) is 47.7 Å². The predicted octanol–water partition coefficient (Wildman–Crippen LogP) is 0.479. The third-order valence-corrected chi connectivity index (χ3v) is 3.48. The van der Waals surface area contributed by atoms with Gasteiger partial charge in [-0.25, -0.2) is 0 Å². The van der Waals surface area contributed by atoms with Crippen molar-refractivity contribution in [2.45, 2.75) is 12.5 Å². The summed E-state index contributed by atoms with van der Waals surface area (Å²) in [5.41, 5.74) is 6.39. The highest BCUT2D eigenvalue weighted by Gasteiger charge is 2.35. The minimum Gasteiger partial charge on any atom is -0.368 e. The van der Waals surface area contributed by atoms with E-state index in [9.17, 15) is 9.59 Å². The molecule has 1 unspecified atom stereocenters. The molecule has 118 valence electrons. The predicted molar refractivity (Wildman–Crippen MR) is 85.8 cm³/mol. The van der Waals surface area contributed by atoms with Crippen molar-refractivity contribution in [2.24, 2.45) is 17.9 Å². The van der Waals surface area contributed by atoms with Crippen molar-refractivity contribution in [3.8, 4) is 0 Å². The van der Waals surface area contributed by atoms with Crippen molar-refractivity contribution in [1.29, 1.82) is 0 Å². The van der Waals surface area contributed by atoms with Gasteiger partial charge in [-0.05, 0) is 12.1 Å². The molecule has 1 aliphatic heterocycles. The summed E-state index contributed by atoms with van der Waals surface area (Å²) >= 11 is 0. The Hall–Kier alpha value is -3.16. The van der Waals surface area contributed by atoms with Crippen LogP contribution in [0.3, 0.4) is 0 Å². The summed E-state index contributed by atoms with van der Waals surface area (Å²) in [4.78, 5) is 24.0. The molecule has 2 amide bonds. The number of hydrogen-bond donors (Lipinski definition) is 2. The molecule has 0 radical (unpaired) electrons. The molecule has 1 atom stereocenters. The fraction of sp³-hybridized carbons (Fsp3) is 0.200. The van der Waals surface area contributed by atoms with Gasteiger partial charge in [-0.15, -0.1) is 0 Å². The lowest BCUT2D eigenvalue weighted by molar-refractivity contribution is -0.119. The zero-order chi connectivity index (χ0) is 16.4. The Kier molecular flexibility index (Phi) is 3.80. The number of primary amides is 1. The summed E-state index contributed by atoms with van der Waals surface area (Å²) in [6.07, 6.45) is 1.87. The number of carbonyl (C=O) groups excluding carboxylic acids is 2. The second kappa shape index (κ2) is 5.91. The molecule has 23 heavy (non-hydrogen) atoms. The number of benzene rings is 1. The molecule has 1 aliphatic rings. The van der Waals surface area contributed by atoms with Gasteiger partial charge in [0.25, 0.3) is 5.91 Å². The number of amides is 2. The Morgan fingerprint density at radius 2 is 2.00 bits per heavy atom. The normalized spacial score (nSPS) is 17.0. The largest absolute Gasteiger partial charge is 0.368 e. The third kappa shape index (κ3) is 3.05. The number of carbonyl (C=O) groups is 2. The summed E-state index contributed by atoms with van der Waals surface area (Å²) in [5, 5.41) is 12.5. The number of aryl methyl sites for hydroxylation is 1. The van der Waals surface area contributed by atoms with E-state index in [1.54, 1.807) is 36.1 Å². The van der Waals surface area contributed by atoms with Crippen LogP contribution in [-0.2, 0) is 16.6 Å². The lowest BCUT2D eigenvalue weighted by Gasteiger charge is -2.20. The van der Waals surface area contributed by atoms with Crippen molar-refractivity contribution < 1.29 is 9.59 Å². The Bertz CT molecular complexity index is 767. The number of nitrogens with one attached hydrogen (secondary N) is 1. The van der Waals surface area contributed by atoms with Gasteiger partial charge in [-0.2, -0.15) is 10.2 Å². The average Bonchev–Trinajstić information content (AvgIpc) is 3.15. The number of anilines is 2. The summed E-state index contributed by atoms with van der Waals surface area (Å²) in [6, 6.07) is 10.1. The van der Waals surface area contributed by atoms with Gasteiger partial charge in [0.15, 0.2) is 5.82 Å². The second-order valence-corrected chi connectivity index (χ2v) is 5.18. The second-order valence-electron chi connectivity index (χ2n) is 5.18. The molecule has 8 nitrogen and oxygen atoms in total. The summed E-state index contributed by atoms with van der Waals surface area (Å²) in [7, 11) is 1.75. The van der Waals surface area contributed by atoms with E-state index in [1.807, 2.05) is 18.2 Å². The Morgan fingerprint density at radius 3 is 2.61 bits per heavy atom. The number of hydrazone groups is 1. The van der Waals surface area contributed by atoms with Crippen LogP contribution in [0.2, 0.25) is 0 Å². The van der Waals surface area contributed by atoms with Crippen molar-refractivity contribution in [2.75, 3.05) is 10.3 Å². The van der Waals surface area contributed by atoms with Gasteiger partial charge < -0.3 is 11.1 Å². The van der Waals surface area contributed by atoms with Crippen LogP contribution in [0.4, 0.5) is 11.5 Å². The van der Waals surface area contributed by atoms with Crippen LogP contribution in [0.1, 0.15) is 6.42 Å². The number of rotatable bonds is 4. The molecule has 0 saturated heterocycles. The van der Waals surface area contributed by atoms with Gasteiger partial charge in [-0.3, -0.25) is 19.3 Å². The molecule has 1 aromatic carbocycles. The summed E-state index contributed by atoms with van der Waals surface area (Å²) < 4.78 is 1.58. The maximum absolute atomic E-state index is 12.3. The Labute approximate surface area is 132 Å².